The van der Waals surface area contributed by atoms with Crippen LogP contribution in [0.2, 0.25) is 0 Å². The van der Waals surface area contributed by atoms with E-state index in [2.05, 4.69) is 0 Å². The van der Waals surface area contributed by atoms with Crippen molar-refractivity contribution in [3.8, 4) is 5.75 Å². The molecule has 5 heteroatoms. The number of hydrogen-bond acceptors (Lipinski definition) is 4. The van der Waals surface area contributed by atoms with E-state index in [-0.39, 0.29) is 6.61 Å². The molecule has 0 aromatic heterocycles. The number of benzene rings is 1. The Labute approximate surface area is 113 Å². The maximum absolute atomic E-state index is 13.1. The molecular formula is C14H21FO4. The molecule has 0 unspecified atom stereocenters. The van der Waals surface area contributed by atoms with Crippen molar-refractivity contribution in [2.45, 2.75) is 33.2 Å². The van der Waals surface area contributed by atoms with E-state index >= 15 is 0 Å². The van der Waals surface area contributed by atoms with Gasteiger partial charge in [0, 0.05) is 18.8 Å². The van der Waals surface area contributed by atoms with E-state index in [0.717, 1.165) is 0 Å². The van der Waals surface area contributed by atoms with Gasteiger partial charge in [-0.1, -0.05) is 0 Å². The van der Waals surface area contributed by atoms with Crippen LogP contribution < -0.4 is 4.74 Å². The van der Waals surface area contributed by atoms with Gasteiger partial charge in [-0.15, -0.1) is 0 Å². The van der Waals surface area contributed by atoms with Crippen LogP contribution in [0.1, 0.15) is 32.4 Å². The van der Waals surface area contributed by atoms with E-state index in [0.29, 0.717) is 24.5 Å². The van der Waals surface area contributed by atoms with E-state index in [9.17, 15) is 9.50 Å². The third kappa shape index (κ3) is 5.14. The summed E-state index contributed by atoms with van der Waals surface area (Å²) >= 11 is 0. The number of aliphatic hydroxyl groups is 1. The Morgan fingerprint density at radius 2 is 1.84 bits per heavy atom. The Balaban J connectivity index is 2.70. The molecule has 0 amide bonds. The van der Waals surface area contributed by atoms with Crippen molar-refractivity contribution >= 4 is 0 Å². The van der Waals surface area contributed by atoms with Gasteiger partial charge in [-0.2, -0.15) is 0 Å². The lowest BCUT2D eigenvalue weighted by Crippen LogP contribution is -2.25. The maximum Gasteiger partial charge on any atom is 0.191 e. The Hall–Kier alpha value is -1.17. The first-order chi connectivity index (χ1) is 9.08. The third-order valence-electron chi connectivity index (χ3n) is 2.50. The van der Waals surface area contributed by atoms with E-state index in [1.54, 1.807) is 6.92 Å². The topological polar surface area (TPSA) is 47.9 Å². The number of ether oxygens (including phenoxy) is 3. The van der Waals surface area contributed by atoms with Gasteiger partial charge in [0.05, 0.1) is 6.10 Å². The molecule has 4 nitrogen and oxygen atoms in total. The maximum atomic E-state index is 13.1. The summed E-state index contributed by atoms with van der Waals surface area (Å²) in [6.07, 6.45) is -1.27. The Morgan fingerprint density at radius 1 is 1.21 bits per heavy atom. The van der Waals surface area contributed by atoms with Crippen LogP contribution in [0.5, 0.6) is 5.75 Å². The molecule has 0 aliphatic heterocycles. The van der Waals surface area contributed by atoms with Crippen LogP contribution in [0.15, 0.2) is 18.2 Å². The lowest BCUT2D eigenvalue weighted by molar-refractivity contribution is -0.152. The van der Waals surface area contributed by atoms with Crippen LogP contribution in [-0.2, 0) is 9.47 Å². The highest BCUT2D eigenvalue weighted by Crippen LogP contribution is 2.26. The van der Waals surface area contributed by atoms with Gasteiger partial charge in [0.25, 0.3) is 0 Å². The first-order valence-corrected chi connectivity index (χ1v) is 6.42. The van der Waals surface area contributed by atoms with Crippen molar-refractivity contribution in [3.05, 3.63) is 29.6 Å². The molecule has 1 aromatic carbocycles. The SMILES string of the molecule is CCOC(COc1ccc(F)cc1[C@H](C)O)OCC. The molecule has 0 fully saturated rings. The molecule has 0 bridgehead atoms. The molecule has 1 N–H and O–H groups in total. The summed E-state index contributed by atoms with van der Waals surface area (Å²) in [6.45, 7) is 6.51. The highest BCUT2D eigenvalue weighted by atomic mass is 19.1. The molecule has 0 spiro atoms. The number of halogens is 1. The van der Waals surface area contributed by atoms with Gasteiger partial charge in [0.15, 0.2) is 6.29 Å². The second-order valence-corrected chi connectivity index (χ2v) is 4.01. The van der Waals surface area contributed by atoms with Crippen molar-refractivity contribution in [2.75, 3.05) is 19.8 Å². The molecule has 0 aliphatic carbocycles. The fourth-order valence-corrected chi connectivity index (χ4v) is 1.65. The quantitative estimate of drug-likeness (QED) is 0.739. The first-order valence-electron chi connectivity index (χ1n) is 6.42. The first kappa shape index (κ1) is 15.9. The van der Waals surface area contributed by atoms with Gasteiger partial charge in [-0.25, -0.2) is 4.39 Å². The molecule has 1 rings (SSSR count). The fourth-order valence-electron chi connectivity index (χ4n) is 1.65. The van der Waals surface area contributed by atoms with Crippen LogP contribution in [-0.4, -0.2) is 31.2 Å². The smallest absolute Gasteiger partial charge is 0.191 e. The molecule has 0 heterocycles. The molecule has 0 saturated carbocycles. The summed E-state index contributed by atoms with van der Waals surface area (Å²) in [5.74, 6) is 0.0234. The van der Waals surface area contributed by atoms with Crippen LogP contribution >= 0.6 is 0 Å². The summed E-state index contributed by atoms with van der Waals surface area (Å²) in [5, 5.41) is 9.59. The summed E-state index contributed by atoms with van der Waals surface area (Å²) in [7, 11) is 0. The molecule has 0 aliphatic rings. The van der Waals surface area contributed by atoms with Gasteiger partial charge in [0.2, 0.25) is 0 Å². The van der Waals surface area contributed by atoms with Crippen molar-refractivity contribution in [3.63, 3.8) is 0 Å². The van der Waals surface area contributed by atoms with E-state index in [1.807, 2.05) is 13.8 Å². The Morgan fingerprint density at radius 3 is 2.37 bits per heavy atom. The third-order valence-corrected chi connectivity index (χ3v) is 2.50. The number of hydrogen-bond donors (Lipinski definition) is 1. The van der Waals surface area contributed by atoms with Crippen molar-refractivity contribution < 1.29 is 23.7 Å². The summed E-state index contributed by atoms with van der Waals surface area (Å²) < 4.78 is 29.4. The zero-order valence-electron chi connectivity index (χ0n) is 11.6. The molecule has 108 valence electrons. The van der Waals surface area contributed by atoms with E-state index in [1.165, 1.54) is 18.2 Å². The lowest BCUT2D eigenvalue weighted by atomic mass is 10.1. The highest BCUT2D eigenvalue weighted by Gasteiger charge is 2.14. The lowest BCUT2D eigenvalue weighted by Gasteiger charge is -2.19. The van der Waals surface area contributed by atoms with Crippen molar-refractivity contribution in [2.24, 2.45) is 0 Å². The van der Waals surface area contributed by atoms with Crippen LogP contribution in [0, 0.1) is 5.82 Å². The normalized spacial score (nSPS) is 12.7. The van der Waals surface area contributed by atoms with Crippen molar-refractivity contribution in [1.29, 1.82) is 0 Å². The van der Waals surface area contributed by atoms with Crippen molar-refractivity contribution in [1.82, 2.24) is 0 Å². The second kappa shape index (κ2) is 8.09. The number of rotatable bonds is 8. The van der Waals surface area contributed by atoms with Crippen LogP contribution in [0.4, 0.5) is 4.39 Å². The minimum absolute atomic E-state index is 0.188. The van der Waals surface area contributed by atoms with Gasteiger partial charge in [0.1, 0.15) is 18.2 Å². The average molecular weight is 272 g/mol. The largest absolute Gasteiger partial charge is 0.488 e. The molecule has 1 atom stereocenters. The predicted octanol–water partition coefficient (Wildman–Crippen LogP) is 2.66. The van der Waals surface area contributed by atoms with E-state index in [4.69, 9.17) is 14.2 Å². The monoisotopic (exact) mass is 272 g/mol. The Bertz CT molecular complexity index is 376. The summed E-state index contributed by atoms with van der Waals surface area (Å²) in [5.41, 5.74) is 0.409. The zero-order chi connectivity index (χ0) is 14.3. The van der Waals surface area contributed by atoms with Crippen LogP contribution in [0.3, 0.4) is 0 Å². The second-order valence-electron chi connectivity index (χ2n) is 4.01. The highest BCUT2D eigenvalue weighted by molar-refractivity contribution is 5.35. The number of aliphatic hydroxyl groups excluding tert-OH is 1. The zero-order valence-corrected chi connectivity index (χ0v) is 11.6. The van der Waals surface area contributed by atoms with Crippen LogP contribution in [0.25, 0.3) is 0 Å². The molecule has 0 radical (unpaired) electrons. The van der Waals surface area contributed by atoms with Gasteiger partial charge < -0.3 is 19.3 Å². The van der Waals surface area contributed by atoms with Gasteiger partial charge in [-0.05, 0) is 39.0 Å². The van der Waals surface area contributed by atoms with Gasteiger partial charge >= 0.3 is 0 Å². The summed E-state index contributed by atoms with van der Waals surface area (Å²) in [6, 6.07) is 4.04. The van der Waals surface area contributed by atoms with E-state index < -0.39 is 18.2 Å². The molecule has 0 saturated heterocycles. The molecule has 19 heavy (non-hydrogen) atoms. The summed E-state index contributed by atoms with van der Waals surface area (Å²) in [4.78, 5) is 0. The van der Waals surface area contributed by atoms with Gasteiger partial charge in [-0.3, -0.25) is 0 Å². The minimum Gasteiger partial charge on any atom is -0.488 e. The molecule has 1 aromatic rings. The minimum atomic E-state index is -0.802. The fraction of sp³-hybridized carbons (Fsp3) is 0.571. The molecular weight excluding hydrogens is 251 g/mol. The standard InChI is InChI=1S/C14H21FO4/c1-4-17-14(18-5-2)9-19-13-7-6-11(15)8-12(13)10(3)16/h6-8,10,14,16H,4-5,9H2,1-3H3/t10-/m0/s1. The average Bonchev–Trinajstić information content (AvgIpc) is 2.37. The Kier molecular flexibility index (Phi) is 6.77. The predicted molar refractivity (Wildman–Crippen MR) is 69.6 cm³/mol.